The topological polar surface area (TPSA) is 35.5 Å². The minimum Gasteiger partial charge on any atom is -0.493 e. The zero-order chi connectivity index (χ0) is 13.8. The molecule has 3 nitrogen and oxygen atoms in total. The summed E-state index contributed by atoms with van der Waals surface area (Å²) in [6, 6.07) is 6.22. The molecule has 0 fully saturated rings. The van der Waals surface area contributed by atoms with E-state index in [1.165, 1.54) is 11.1 Å². The number of carbonyl (C=O) groups is 1. The summed E-state index contributed by atoms with van der Waals surface area (Å²) < 4.78 is 10.7. The number of hydrogen-bond acceptors (Lipinski definition) is 3. The molecule has 0 saturated heterocycles. The monoisotopic (exact) mass is 262 g/mol. The van der Waals surface area contributed by atoms with Gasteiger partial charge in [0.15, 0.2) is 5.78 Å². The number of benzene rings is 1. The van der Waals surface area contributed by atoms with Gasteiger partial charge in [0.25, 0.3) is 0 Å². The number of rotatable bonds is 6. The van der Waals surface area contributed by atoms with E-state index in [-0.39, 0.29) is 17.8 Å². The van der Waals surface area contributed by atoms with Gasteiger partial charge in [0.2, 0.25) is 0 Å². The van der Waals surface area contributed by atoms with Crippen LogP contribution < -0.4 is 4.74 Å². The first kappa shape index (κ1) is 14.1. The first-order chi connectivity index (χ1) is 9.11. The van der Waals surface area contributed by atoms with Crippen LogP contribution in [-0.2, 0) is 22.4 Å². The summed E-state index contributed by atoms with van der Waals surface area (Å²) in [5.74, 6) is 1.41. The summed E-state index contributed by atoms with van der Waals surface area (Å²) in [6.07, 6.45) is 2.01. The van der Waals surface area contributed by atoms with E-state index in [0.29, 0.717) is 6.42 Å². The van der Waals surface area contributed by atoms with Crippen molar-refractivity contribution in [2.75, 3.05) is 13.7 Å². The summed E-state index contributed by atoms with van der Waals surface area (Å²) in [6.45, 7) is 4.80. The van der Waals surface area contributed by atoms with Crippen molar-refractivity contribution < 1.29 is 14.3 Å². The first-order valence-corrected chi connectivity index (χ1v) is 6.92. The molecule has 0 aromatic heterocycles. The second-order valence-corrected chi connectivity index (χ2v) is 5.41. The van der Waals surface area contributed by atoms with Gasteiger partial charge in [-0.15, -0.1) is 0 Å². The summed E-state index contributed by atoms with van der Waals surface area (Å²) in [7, 11) is 1.61. The molecule has 1 atom stereocenters. The molecule has 1 aromatic rings. The lowest BCUT2D eigenvalue weighted by atomic mass is 9.97. The van der Waals surface area contributed by atoms with Crippen LogP contribution in [0.4, 0.5) is 0 Å². The lowest BCUT2D eigenvalue weighted by Crippen LogP contribution is -2.28. The number of fused-ring (bicyclic) bond motifs is 1. The molecule has 1 unspecified atom stereocenters. The van der Waals surface area contributed by atoms with E-state index in [2.05, 4.69) is 12.1 Å². The fraction of sp³-hybridized carbons (Fsp3) is 0.562. The molecule has 0 bridgehead atoms. The SMILES string of the molecule is COC(C(=O)CCc1ccc2c(c1)CCO2)C(C)C. The van der Waals surface area contributed by atoms with Crippen molar-refractivity contribution >= 4 is 5.78 Å². The number of ketones is 1. The molecule has 0 amide bonds. The van der Waals surface area contributed by atoms with Crippen molar-refractivity contribution in [1.82, 2.24) is 0 Å². The zero-order valence-electron chi connectivity index (χ0n) is 11.9. The molecule has 0 N–H and O–H groups in total. The molecule has 1 aliphatic rings. The number of aryl methyl sites for hydroxylation is 1. The van der Waals surface area contributed by atoms with Crippen molar-refractivity contribution in [3.8, 4) is 5.75 Å². The molecule has 3 heteroatoms. The second-order valence-electron chi connectivity index (χ2n) is 5.41. The highest BCUT2D eigenvalue weighted by molar-refractivity contribution is 5.83. The zero-order valence-corrected chi connectivity index (χ0v) is 11.9. The van der Waals surface area contributed by atoms with Crippen LogP contribution in [0.3, 0.4) is 0 Å². The van der Waals surface area contributed by atoms with Crippen LogP contribution in [0.2, 0.25) is 0 Å². The molecule has 0 aliphatic carbocycles. The largest absolute Gasteiger partial charge is 0.493 e. The lowest BCUT2D eigenvalue weighted by Gasteiger charge is -2.17. The lowest BCUT2D eigenvalue weighted by molar-refractivity contribution is -0.131. The third-order valence-corrected chi connectivity index (χ3v) is 3.59. The Balaban J connectivity index is 1.93. The first-order valence-electron chi connectivity index (χ1n) is 6.92. The van der Waals surface area contributed by atoms with E-state index in [1.807, 2.05) is 19.9 Å². The minimum absolute atomic E-state index is 0.189. The Morgan fingerprint density at radius 1 is 1.42 bits per heavy atom. The molecule has 19 heavy (non-hydrogen) atoms. The molecule has 0 radical (unpaired) electrons. The summed E-state index contributed by atoms with van der Waals surface area (Å²) in [4.78, 5) is 12.1. The van der Waals surface area contributed by atoms with Crippen LogP contribution in [0.25, 0.3) is 0 Å². The van der Waals surface area contributed by atoms with Gasteiger partial charge in [0.05, 0.1) is 6.61 Å². The van der Waals surface area contributed by atoms with Gasteiger partial charge in [-0.1, -0.05) is 26.0 Å². The molecular formula is C16H22O3. The second kappa shape index (κ2) is 6.20. The number of methoxy groups -OCH3 is 1. The van der Waals surface area contributed by atoms with Crippen LogP contribution >= 0.6 is 0 Å². The highest BCUT2D eigenvalue weighted by Crippen LogP contribution is 2.26. The van der Waals surface area contributed by atoms with Gasteiger partial charge in [0, 0.05) is 20.0 Å². The van der Waals surface area contributed by atoms with Gasteiger partial charge in [-0.3, -0.25) is 4.79 Å². The molecule has 2 rings (SSSR count). The highest BCUT2D eigenvalue weighted by atomic mass is 16.5. The van der Waals surface area contributed by atoms with Crippen LogP contribution in [-0.4, -0.2) is 25.6 Å². The van der Waals surface area contributed by atoms with Crippen LogP contribution in [0.5, 0.6) is 5.75 Å². The molecule has 1 heterocycles. The molecule has 1 aliphatic heterocycles. The fourth-order valence-corrected chi connectivity index (χ4v) is 2.58. The Bertz CT molecular complexity index is 451. The van der Waals surface area contributed by atoms with Crippen LogP contribution in [0.1, 0.15) is 31.4 Å². The summed E-state index contributed by atoms with van der Waals surface area (Å²) >= 11 is 0. The van der Waals surface area contributed by atoms with Gasteiger partial charge in [-0.05, 0) is 29.5 Å². The molecule has 0 saturated carbocycles. The normalized spacial score (nSPS) is 15.2. The maximum Gasteiger partial charge on any atom is 0.162 e. The maximum atomic E-state index is 12.1. The van der Waals surface area contributed by atoms with E-state index in [0.717, 1.165) is 25.2 Å². The summed E-state index contributed by atoms with van der Waals surface area (Å²) in [5.41, 5.74) is 2.47. The minimum atomic E-state index is -0.280. The smallest absolute Gasteiger partial charge is 0.162 e. The van der Waals surface area contributed by atoms with Gasteiger partial charge in [-0.2, -0.15) is 0 Å². The van der Waals surface area contributed by atoms with Gasteiger partial charge < -0.3 is 9.47 Å². The third kappa shape index (κ3) is 3.35. The van der Waals surface area contributed by atoms with Crippen molar-refractivity contribution in [3.05, 3.63) is 29.3 Å². The van der Waals surface area contributed by atoms with Crippen molar-refractivity contribution in [1.29, 1.82) is 0 Å². The molecular weight excluding hydrogens is 240 g/mol. The number of Topliss-reactive ketones (excluding diaryl/α,β-unsaturated/α-hetero) is 1. The van der Waals surface area contributed by atoms with Crippen LogP contribution in [0.15, 0.2) is 18.2 Å². The standard InChI is InChI=1S/C16H22O3/c1-11(2)16(18-3)14(17)6-4-12-5-7-15-13(10-12)8-9-19-15/h5,7,10-11,16H,4,6,8-9H2,1-3H3. The summed E-state index contributed by atoms with van der Waals surface area (Å²) in [5, 5.41) is 0. The Labute approximate surface area is 114 Å². The Hall–Kier alpha value is -1.35. The van der Waals surface area contributed by atoms with E-state index >= 15 is 0 Å². The van der Waals surface area contributed by atoms with E-state index in [1.54, 1.807) is 7.11 Å². The van der Waals surface area contributed by atoms with E-state index < -0.39 is 0 Å². The predicted octanol–water partition coefficient (Wildman–Crippen LogP) is 2.79. The van der Waals surface area contributed by atoms with E-state index in [4.69, 9.17) is 9.47 Å². The Morgan fingerprint density at radius 2 is 2.21 bits per heavy atom. The van der Waals surface area contributed by atoms with E-state index in [9.17, 15) is 4.79 Å². The van der Waals surface area contributed by atoms with Crippen molar-refractivity contribution in [2.45, 2.75) is 39.2 Å². The van der Waals surface area contributed by atoms with Crippen molar-refractivity contribution in [2.24, 2.45) is 5.92 Å². The van der Waals surface area contributed by atoms with Gasteiger partial charge >= 0.3 is 0 Å². The molecule has 1 aromatic carbocycles. The fourth-order valence-electron chi connectivity index (χ4n) is 2.58. The Morgan fingerprint density at radius 3 is 2.89 bits per heavy atom. The maximum absolute atomic E-state index is 12.1. The predicted molar refractivity (Wildman–Crippen MR) is 74.6 cm³/mol. The highest BCUT2D eigenvalue weighted by Gasteiger charge is 2.21. The average molecular weight is 262 g/mol. The Kier molecular flexibility index (Phi) is 4.59. The van der Waals surface area contributed by atoms with Gasteiger partial charge in [0.1, 0.15) is 11.9 Å². The quantitative estimate of drug-likeness (QED) is 0.791. The number of hydrogen-bond donors (Lipinski definition) is 0. The average Bonchev–Trinajstić information content (AvgIpc) is 2.84. The van der Waals surface area contributed by atoms with Crippen molar-refractivity contribution in [3.63, 3.8) is 0 Å². The number of ether oxygens (including phenoxy) is 2. The van der Waals surface area contributed by atoms with Gasteiger partial charge in [-0.25, -0.2) is 0 Å². The molecule has 104 valence electrons. The number of carbonyl (C=O) groups excluding carboxylic acids is 1. The molecule has 0 spiro atoms. The van der Waals surface area contributed by atoms with Crippen LogP contribution in [0, 0.1) is 5.92 Å². The third-order valence-electron chi connectivity index (χ3n) is 3.59.